The van der Waals surface area contributed by atoms with Crippen LogP contribution in [0.4, 0.5) is 0 Å². The van der Waals surface area contributed by atoms with Crippen LogP contribution >= 0.6 is 7.75 Å². The monoisotopic (exact) mass is 639 g/mol. The van der Waals surface area contributed by atoms with Crippen molar-refractivity contribution in [3.05, 3.63) is 32.6 Å². The van der Waals surface area contributed by atoms with Crippen LogP contribution in [0.2, 0.25) is 0 Å². The minimum Gasteiger partial charge on any atom is -0.480 e. The van der Waals surface area contributed by atoms with Gasteiger partial charge >= 0.3 is 37.3 Å². The summed E-state index contributed by atoms with van der Waals surface area (Å²) in [6.45, 7) is 0.817. The fourth-order valence-electron chi connectivity index (χ4n) is 4.57. The summed E-state index contributed by atoms with van der Waals surface area (Å²) < 4.78 is 30.0. The molecule has 43 heavy (non-hydrogen) atoms. The summed E-state index contributed by atoms with van der Waals surface area (Å²) in [6.07, 6.45) is -6.26. The quantitative estimate of drug-likeness (QED) is 0.0692. The van der Waals surface area contributed by atoms with Crippen molar-refractivity contribution in [1.82, 2.24) is 19.4 Å². The lowest BCUT2D eigenvalue weighted by Crippen LogP contribution is -2.54. The van der Waals surface area contributed by atoms with E-state index in [0.717, 1.165) is 20.6 Å². The highest BCUT2D eigenvalue weighted by molar-refractivity contribution is 7.50. The Morgan fingerprint density at radius 1 is 1.05 bits per heavy atom. The van der Waals surface area contributed by atoms with Crippen LogP contribution in [0.5, 0.6) is 0 Å². The maximum Gasteiger partial charge on any atom is 0.400 e. The summed E-state index contributed by atoms with van der Waals surface area (Å²) >= 11 is 0. The summed E-state index contributed by atoms with van der Waals surface area (Å²) in [5.41, 5.74) is 3.53. The molecule has 1 fully saturated rings. The number of ether oxygens (including phenoxy) is 2. The normalized spacial score (nSPS) is 22.2. The Bertz CT molecular complexity index is 1330. The topological polar surface area (TPSA) is 302 Å². The molecule has 0 aromatic carbocycles. The minimum atomic E-state index is -4.73. The summed E-state index contributed by atoms with van der Waals surface area (Å²) in [5, 5.41) is 37.3. The van der Waals surface area contributed by atoms with Gasteiger partial charge in [0.25, 0.3) is 5.56 Å². The van der Waals surface area contributed by atoms with E-state index in [0.29, 0.717) is 0 Å². The first-order valence-electron chi connectivity index (χ1n) is 12.6. The van der Waals surface area contributed by atoms with Crippen molar-refractivity contribution in [2.75, 3.05) is 26.2 Å². The van der Waals surface area contributed by atoms with E-state index in [1.807, 2.05) is 4.98 Å². The maximum atomic E-state index is 12.6. The number of aromatic amines is 1. The van der Waals surface area contributed by atoms with Crippen molar-refractivity contribution in [2.24, 2.45) is 5.50 Å². The van der Waals surface area contributed by atoms with Gasteiger partial charge in [0.2, 0.25) is 0 Å². The van der Waals surface area contributed by atoms with Crippen LogP contribution in [-0.4, -0.2) is 125 Å². The molecule has 242 valence electrons. The molecule has 21 heteroatoms. The summed E-state index contributed by atoms with van der Waals surface area (Å²) in [5.74, 6) is -5.63. The van der Waals surface area contributed by atoms with Crippen LogP contribution in [-0.2, 0) is 37.7 Å². The van der Waals surface area contributed by atoms with Crippen LogP contribution in [0.3, 0.4) is 0 Å². The number of nitrogens with one attached hydrogen (secondary N) is 1. The third kappa shape index (κ3) is 10.6. The molecule has 2 rings (SSSR count). The van der Waals surface area contributed by atoms with Crippen LogP contribution < -0.4 is 16.8 Å². The van der Waals surface area contributed by atoms with Crippen LogP contribution in [0, 0.1) is 6.92 Å². The molecular formula is C22H34N5O15P. The highest BCUT2D eigenvalue weighted by Gasteiger charge is 2.47. The number of carboxylic acids is 4. The van der Waals surface area contributed by atoms with Crippen molar-refractivity contribution in [3.8, 4) is 0 Å². The van der Waals surface area contributed by atoms with Gasteiger partial charge in [-0.3, -0.25) is 47.8 Å². The average molecular weight is 640 g/mol. The Balaban J connectivity index is 2.61. The molecule has 5 unspecified atom stereocenters. The number of aromatic nitrogens is 2. The number of nitrogens with two attached hydrogens (primary N) is 1. The number of hydrogen-bond acceptors (Lipinski definition) is 12. The highest BCUT2D eigenvalue weighted by Crippen LogP contribution is 2.43. The lowest BCUT2D eigenvalue weighted by atomic mass is 10.0. The zero-order chi connectivity index (χ0) is 32.8. The molecule has 1 aliphatic heterocycles. The number of carboxylic acid groups (broad SMARTS) is 4. The van der Waals surface area contributed by atoms with E-state index in [9.17, 15) is 58.7 Å². The Kier molecular flexibility index (Phi) is 12.3. The molecule has 2 heterocycles. The van der Waals surface area contributed by atoms with E-state index in [4.69, 9.17) is 19.5 Å². The van der Waals surface area contributed by atoms with Gasteiger partial charge in [-0.1, -0.05) is 0 Å². The van der Waals surface area contributed by atoms with Gasteiger partial charge < -0.3 is 34.8 Å². The lowest BCUT2D eigenvalue weighted by Gasteiger charge is -2.39. The first-order valence-corrected chi connectivity index (χ1v) is 14.2. The number of aliphatic carboxylic acids is 4. The van der Waals surface area contributed by atoms with Gasteiger partial charge in [0.05, 0.1) is 32.3 Å². The molecule has 0 bridgehead atoms. The van der Waals surface area contributed by atoms with Gasteiger partial charge in [0.1, 0.15) is 18.4 Å². The van der Waals surface area contributed by atoms with E-state index >= 15 is 0 Å². The van der Waals surface area contributed by atoms with Crippen molar-refractivity contribution in [2.45, 2.75) is 64.0 Å². The molecule has 0 spiro atoms. The Morgan fingerprint density at radius 3 is 2.00 bits per heavy atom. The van der Waals surface area contributed by atoms with E-state index < -0.39 is 106 Å². The van der Waals surface area contributed by atoms with Crippen molar-refractivity contribution < 1.29 is 63.1 Å². The van der Waals surface area contributed by atoms with Crippen LogP contribution in [0.25, 0.3) is 0 Å². The second kappa shape index (κ2) is 14.8. The number of aryl methyl sites for hydroxylation is 1. The van der Waals surface area contributed by atoms with Crippen molar-refractivity contribution >= 4 is 31.6 Å². The second-order valence-corrected chi connectivity index (χ2v) is 11.2. The Morgan fingerprint density at radius 2 is 1.53 bits per heavy atom. The van der Waals surface area contributed by atoms with E-state index in [1.54, 1.807) is 0 Å². The standard InChI is InChI=1S/C22H34N5O15P/c1-10-5-27(22(37)24-20(10)36)21-14(42-43(23,38)39)4-13(41-21)19(11(2)25(6-15(28)29)7-16(30)31)40-12(3)26(8-17(32)33)9-18(34)35/h5,11-14,19,21H,4,6-9H2,1-3H3,(H,28,29)(H,30,31)(H,32,33)(H,34,35)(H3,23,38,39)(H,24,36,37)/t11?,12?,13-,14?,19?,21+/m0/s1. The molecular weight excluding hydrogens is 605 g/mol. The fourth-order valence-corrected chi connectivity index (χ4v) is 5.15. The minimum absolute atomic E-state index is 0.0483. The molecule has 1 aromatic rings. The number of H-pyrrole nitrogens is 1. The smallest absolute Gasteiger partial charge is 0.400 e. The van der Waals surface area contributed by atoms with Crippen LogP contribution in [0.15, 0.2) is 15.8 Å². The van der Waals surface area contributed by atoms with Gasteiger partial charge in [-0.25, -0.2) is 14.9 Å². The molecule has 0 saturated carbocycles. The highest BCUT2D eigenvalue weighted by atomic mass is 31.2. The molecule has 1 saturated heterocycles. The maximum absolute atomic E-state index is 12.6. The molecule has 0 amide bonds. The zero-order valence-electron chi connectivity index (χ0n) is 23.3. The number of rotatable bonds is 17. The predicted molar refractivity (Wildman–Crippen MR) is 141 cm³/mol. The third-order valence-electron chi connectivity index (χ3n) is 6.44. The lowest BCUT2D eigenvalue weighted by molar-refractivity contribution is -0.179. The summed E-state index contributed by atoms with van der Waals surface area (Å²) in [6, 6.07) is -1.16. The third-order valence-corrected chi connectivity index (χ3v) is 7.02. The molecule has 0 radical (unpaired) electrons. The fraction of sp³-hybridized carbons (Fsp3) is 0.636. The average Bonchev–Trinajstić information content (AvgIpc) is 3.23. The predicted octanol–water partition coefficient (Wildman–Crippen LogP) is -2.36. The van der Waals surface area contributed by atoms with E-state index in [1.165, 1.54) is 20.8 Å². The molecule has 7 atom stereocenters. The number of hydrogen-bond donors (Lipinski definition) is 7. The van der Waals surface area contributed by atoms with Gasteiger partial charge in [0.15, 0.2) is 6.23 Å². The van der Waals surface area contributed by atoms with Gasteiger partial charge in [-0.2, -0.15) is 0 Å². The summed E-state index contributed by atoms with van der Waals surface area (Å²) in [7, 11) is -4.73. The SMILES string of the molecule is Cc1cn([C@@H]2O[C@H](C(OC(C)N(CC(=O)O)CC(=O)O)C(C)N(CC(=O)O)CC(=O)O)CC2OP(N)(=O)O)c(=O)[nH]c1=O. The molecule has 1 aromatic heterocycles. The van der Waals surface area contributed by atoms with Crippen molar-refractivity contribution in [1.29, 1.82) is 0 Å². The van der Waals surface area contributed by atoms with E-state index in [2.05, 4.69) is 0 Å². The second-order valence-electron chi connectivity index (χ2n) is 9.81. The number of carbonyl (C=O) groups is 4. The van der Waals surface area contributed by atoms with Gasteiger partial charge in [0, 0.05) is 24.2 Å². The number of nitrogens with zero attached hydrogens (tertiary/aromatic N) is 3. The molecule has 1 aliphatic rings. The Labute approximate surface area is 242 Å². The Hall–Kier alpha value is -3.49. The molecule has 20 nitrogen and oxygen atoms in total. The first kappa shape index (κ1) is 35.7. The van der Waals surface area contributed by atoms with Gasteiger partial charge in [-0.15, -0.1) is 0 Å². The molecule has 0 aliphatic carbocycles. The first-order chi connectivity index (χ1) is 19.8. The molecule has 8 N–H and O–H groups in total. The van der Waals surface area contributed by atoms with Gasteiger partial charge in [-0.05, 0) is 20.8 Å². The zero-order valence-corrected chi connectivity index (χ0v) is 24.2. The largest absolute Gasteiger partial charge is 0.480 e. The summed E-state index contributed by atoms with van der Waals surface area (Å²) in [4.78, 5) is 84.1. The van der Waals surface area contributed by atoms with E-state index in [-0.39, 0.29) is 12.0 Å². The van der Waals surface area contributed by atoms with Crippen LogP contribution in [0.1, 0.15) is 32.1 Å². The van der Waals surface area contributed by atoms with Crippen molar-refractivity contribution in [3.63, 3.8) is 0 Å².